The van der Waals surface area contributed by atoms with Gasteiger partial charge >= 0.3 is 6.18 Å². The highest BCUT2D eigenvalue weighted by atomic mass is 32.1. The van der Waals surface area contributed by atoms with Crippen molar-refractivity contribution in [1.82, 2.24) is 10.4 Å². The smallest absolute Gasteiger partial charge is 0.416 e. The molecule has 34 heavy (non-hydrogen) atoms. The lowest BCUT2D eigenvalue weighted by Gasteiger charge is -2.34. The summed E-state index contributed by atoms with van der Waals surface area (Å²) in [6, 6.07) is 8.70. The molecule has 1 saturated heterocycles. The van der Waals surface area contributed by atoms with E-state index in [1.165, 1.54) is 24.3 Å². The summed E-state index contributed by atoms with van der Waals surface area (Å²) in [4.78, 5) is 26.9. The molecule has 4 rings (SSSR count). The Morgan fingerprint density at radius 3 is 2.35 bits per heavy atom. The molecule has 0 aromatic heterocycles. The third kappa shape index (κ3) is 5.48. The Balaban J connectivity index is 0.00000324. The number of benzene rings is 2. The lowest BCUT2D eigenvalue weighted by molar-refractivity contribution is -0.142. The van der Waals surface area contributed by atoms with Crippen LogP contribution in [0.1, 0.15) is 45.9 Å². The van der Waals surface area contributed by atoms with E-state index in [0.717, 1.165) is 12.1 Å². The Hall–Kier alpha value is -2.76. The maximum atomic E-state index is 13.5. The average Bonchev–Trinajstić information content (AvgIpc) is 3.02. The van der Waals surface area contributed by atoms with Crippen molar-refractivity contribution in [3.05, 3.63) is 64.7 Å². The van der Waals surface area contributed by atoms with Crippen molar-refractivity contribution in [2.75, 3.05) is 19.8 Å². The molecule has 184 valence electrons. The Morgan fingerprint density at radius 2 is 1.74 bits per heavy atom. The molecular weight excluding hydrogens is 473 g/mol. The second-order valence-corrected chi connectivity index (χ2v) is 8.06. The standard InChI is InChI=1S/C23H23F3N2O5.H2S/c24-23(25,26)18-5-3-14(4-6-18)19-13-33-20-11-16(21(29)27-31)1-2-17(20)12-28(19)22(30)15-7-9-32-10-8-15;/h1-6,11,15,19,31H,7-10,12-13H2,(H,27,29);1H2/t19-;/m1./s1. The van der Waals surface area contributed by atoms with E-state index >= 15 is 0 Å². The first kappa shape index (κ1) is 25.9. The highest BCUT2D eigenvalue weighted by molar-refractivity contribution is 7.59. The molecule has 0 bridgehead atoms. The van der Waals surface area contributed by atoms with Gasteiger partial charge in [-0.2, -0.15) is 26.7 Å². The number of carbonyl (C=O) groups excluding carboxylic acids is 2. The summed E-state index contributed by atoms with van der Waals surface area (Å²) in [5.41, 5.74) is 2.13. The molecule has 1 atom stereocenters. The van der Waals surface area contributed by atoms with E-state index in [-0.39, 0.29) is 44.0 Å². The van der Waals surface area contributed by atoms with E-state index < -0.39 is 23.7 Å². The number of hydroxylamine groups is 1. The molecule has 11 heteroatoms. The molecule has 2 heterocycles. The van der Waals surface area contributed by atoms with Gasteiger partial charge in [-0.25, -0.2) is 5.48 Å². The average molecular weight is 499 g/mol. The highest BCUT2D eigenvalue weighted by Crippen LogP contribution is 2.36. The van der Waals surface area contributed by atoms with Crippen molar-refractivity contribution in [2.45, 2.75) is 31.6 Å². The number of nitrogens with zero attached hydrogens (tertiary/aromatic N) is 1. The van der Waals surface area contributed by atoms with Gasteiger partial charge in [0.25, 0.3) is 5.91 Å². The van der Waals surface area contributed by atoms with Crippen LogP contribution in [0.4, 0.5) is 13.2 Å². The van der Waals surface area contributed by atoms with Gasteiger partial charge in [0.2, 0.25) is 5.91 Å². The number of hydrogen-bond donors (Lipinski definition) is 2. The minimum atomic E-state index is -4.46. The van der Waals surface area contributed by atoms with Gasteiger partial charge in [-0.1, -0.05) is 18.2 Å². The van der Waals surface area contributed by atoms with E-state index in [9.17, 15) is 22.8 Å². The zero-order chi connectivity index (χ0) is 23.6. The van der Waals surface area contributed by atoms with Gasteiger partial charge in [0.15, 0.2) is 0 Å². The number of nitrogens with one attached hydrogen (secondary N) is 1. The number of rotatable bonds is 3. The van der Waals surface area contributed by atoms with Gasteiger partial charge < -0.3 is 14.4 Å². The van der Waals surface area contributed by atoms with Crippen LogP contribution in [0.15, 0.2) is 42.5 Å². The van der Waals surface area contributed by atoms with Gasteiger partial charge in [0, 0.05) is 30.3 Å². The first-order valence-corrected chi connectivity index (χ1v) is 10.5. The van der Waals surface area contributed by atoms with E-state index in [1.807, 2.05) is 0 Å². The first-order valence-electron chi connectivity index (χ1n) is 10.5. The summed E-state index contributed by atoms with van der Waals surface area (Å²) in [6.45, 7) is 1.11. The van der Waals surface area contributed by atoms with Gasteiger partial charge in [-0.15, -0.1) is 0 Å². The Bertz CT molecular complexity index is 1030. The fraction of sp³-hybridized carbons (Fsp3) is 0.391. The molecule has 0 unspecified atom stereocenters. The molecule has 0 aliphatic carbocycles. The SMILES string of the molecule is O=C(NO)c1ccc2c(c1)OC[C@H](c1ccc(C(F)(F)F)cc1)N(C(=O)C1CCOCC1)C2.S. The number of carbonyl (C=O) groups is 2. The molecule has 2 aromatic rings. The molecule has 1 fully saturated rings. The van der Waals surface area contributed by atoms with Crippen LogP contribution in [0.25, 0.3) is 0 Å². The van der Waals surface area contributed by atoms with Crippen LogP contribution >= 0.6 is 13.5 Å². The minimum Gasteiger partial charge on any atom is -0.491 e. The molecule has 0 spiro atoms. The molecule has 7 nitrogen and oxygen atoms in total. The topological polar surface area (TPSA) is 88.1 Å². The van der Waals surface area contributed by atoms with Gasteiger partial charge in [-0.05, 0) is 42.7 Å². The van der Waals surface area contributed by atoms with Crippen molar-refractivity contribution >= 4 is 25.3 Å². The monoisotopic (exact) mass is 498 g/mol. The van der Waals surface area contributed by atoms with Crippen molar-refractivity contribution in [3.8, 4) is 5.75 Å². The van der Waals surface area contributed by atoms with Crippen LogP contribution in [0.2, 0.25) is 0 Å². The maximum absolute atomic E-state index is 13.5. The summed E-state index contributed by atoms with van der Waals surface area (Å²) < 4.78 is 50.4. The number of hydrogen-bond acceptors (Lipinski definition) is 5. The molecule has 0 saturated carbocycles. The first-order chi connectivity index (χ1) is 15.8. The molecular formula is C23H25F3N2O5S. The largest absolute Gasteiger partial charge is 0.491 e. The lowest BCUT2D eigenvalue weighted by atomic mass is 9.95. The summed E-state index contributed by atoms with van der Waals surface area (Å²) in [5.74, 6) is -0.705. The van der Waals surface area contributed by atoms with Crippen LogP contribution in [0.5, 0.6) is 5.75 Å². The number of alkyl halides is 3. The fourth-order valence-corrected chi connectivity index (χ4v) is 4.16. The third-order valence-corrected chi connectivity index (χ3v) is 6.02. The van der Waals surface area contributed by atoms with Crippen molar-refractivity contribution in [1.29, 1.82) is 0 Å². The van der Waals surface area contributed by atoms with Gasteiger partial charge in [-0.3, -0.25) is 14.8 Å². The maximum Gasteiger partial charge on any atom is 0.416 e. The molecule has 2 aliphatic heterocycles. The van der Waals surface area contributed by atoms with Crippen LogP contribution in [-0.2, 0) is 22.3 Å². The molecule has 2 aliphatic rings. The van der Waals surface area contributed by atoms with E-state index in [0.29, 0.717) is 42.9 Å². The molecule has 0 radical (unpaired) electrons. The normalized spacial score (nSPS) is 18.7. The van der Waals surface area contributed by atoms with Crippen molar-refractivity contribution < 1.29 is 37.4 Å². The number of ether oxygens (including phenoxy) is 2. The lowest BCUT2D eigenvalue weighted by Crippen LogP contribution is -2.41. The second-order valence-electron chi connectivity index (χ2n) is 8.06. The van der Waals surface area contributed by atoms with E-state index in [2.05, 4.69) is 0 Å². The quantitative estimate of drug-likeness (QED) is 0.496. The summed E-state index contributed by atoms with van der Waals surface area (Å²) in [7, 11) is 0. The minimum absolute atomic E-state index is 0. The Morgan fingerprint density at radius 1 is 1.06 bits per heavy atom. The zero-order valence-corrected chi connectivity index (χ0v) is 19.1. The number of halogens is 3. The summed E-state index contributed by atoms with van der Waals surface area (Å²) >= 11 is 0. The fourth-order valence-electron chi connectivity index (χ4n) is 4.16. The molecule has 2 N–H and O–H groups in total. The highest BCUT2D eigenvalue weighted by Gasteiger charge is 2.36. The number of amides is 2. The van der Waals surface area contributed by atoms with E-state index in [1.54, 1.807) is 16.4 Å². The van der Waals surface area contributed by atoms with Crippen LogP contribution < -0.4 is 10.2 Å². The molecule has 2 amide bonds. The van der Waals surface area contributed by atoms with Gasteiger partial charge in [0.05, 0.1) is 18.2 Å². The van der Waals surface area contributed by atoms with Crippen LogP contribution in [0, 0.1) is 5.92 Å². The van der Waals surface area contributed by atoms with Gasteiger partial charge in [0.1, 0.15) is 12.4 Å². The molecule has 2 aromatic carbocycles. The van der Waals surface area contributed by atoms with Crippen molar-refractivity contribution in [3.63, 3.8) is 0 Å². The zero-order valence-electron chi connectivity index (χ0n) is 18.1. The Kier molecular flexibility index (Phi) is 8.11. The Labute approximate surface area is 201 Å². The predicted octanol–water partition coefficient (Wildman–Crippen LogP) is 3.83. The van der Waals surface area contributed by atoms with E-state index in [4.69, 9.17) is 14.7 Å². The van der Waals surface area contributed by atoms with Crippen LogP contribution in [0.3, 0.4) is 0 Å². The number of fused-ring (bicyclic) bond motifs is 1. The van der Waals surface area contributed by atoms with Crippen LogP contribution in [-0.4, -0.2) is 41.7 Å². The predicted molar refractivity (Wildman–Crippen MR) is 120 cm³/mol. The second kappa shape index (κ2) is 10.7. The van der Waals surface area contributed by atoms with Crippen molar-refractivity contribution in [2.24, 2.45) is 5.92 Å². The third-order valence-electron chi connectivity index (χ3n) is 6.02. The summed E-state index contributed by atoms with van der Waals surface area (Å²) in [6.07, 6.45) is -3.33. The summed E-state index contributed by atoms with van der Waals surface area (Å²) in [5, 5.41) is 8.89.